The molecule has 2 aromatic heterocycles. The van der Waals surface area contributed by atoms with Crippen molar-refractivity contribution in [2.45, 2.75) is 77.1 Å². The third-order valence-corrected chi connectivity index (χ3v) is 8.62. The summed E-state index contributed by atoms with van der Waals surface area (Å²) in [4.78, 5) is 33.2. The van der Waals surface area contributed by atoms with Crippen molar-refractivity contribution in [2.75, 3.05) is 19.6 Å². The monoisotopic (exact) mass is 593 g/mol. The van der Waals surface area contributed by atoms with Gasteiger partial charge in [0.15, 0.2) is 0 Å². The van der Waals surface area contributed by atoms with Crippen LogP contribution in [-0.2, 0) is 9.59 Å². The van der Waals surface area contributed by atoms with Gasteiger partial charge in [-0.2, -0.15) is 0 Å². The van der Waals surface area contributed by atoms with E-state index in [9.17, 15) is 14.7 Å². The fraction of sp³-hybridized carbons (Fsp3) is 0.516. The number of pyridine rings is 1. The predicted molar refractivity (Wildman–Crippen MR) is 161 cm³/mol. The molecule has 224 valence electrons. The number of aliphatic hydroxyl groups excluding tert-OH is 1. The van der Waals surface area contributed by atoms with Crippen molar-refractivity contribution in [3.63, 3.8) is 0 Å². The lowest BCUT2D eigenvalue weighted by Gasteiger charge is -2.35. The summed E-state index contributed by atoms with van der Waals surface area (Å²) >= 11 is 6.30. The lowest BCUT2D eigenvalue weighted by molar-refractivity contribution is -0.144. The summed E-state index contributed by atoms with van der Waals surface area (Å²) in [7, 11) is 0. The van der Waals surface area contributed by atoms with Gasteiger partial charge in [-0.05, 0) is 55.5 Å². The molecule has 2 amide bonds. The van der Waals surface area contributed by atoms with E-state index in [0.717, 1.165) is 48.3 Å². The Bertz CT molecular complexity index is 1400. The highest BCUT2D eigenvalue weighted by Gasteiger charge is 2.45. The van der Waals surface area contributed by atoms with Crippen molar-refractivity contribution >= 4 is 23.4 Å². The molecule has 3 N–H and O–H groups in total. The van der Waals surface area contributed by atoms with E-state index in [4.69, 9.17) is 11.6 Å². The van der Waals surface area contributed by atoms with Crippen molar-refractivity contribution < 1.29 is 14.7 Å². The Morgan fingerprint density at radius 2 is 1.86 bits per heavy atom. The second kappa shape index (κ2) is 12.5. The largest absolute Gasteiger partial charge is 0.391 e. The number of carbonyl (C=O) groups excluding carboxylic acids is 2. The molecule has 0 radical (unpaired) electrons. The quantitative estimate of drug-likeness (QED) is 0.379. The SMILES string of the molecule is C[C@H](NC(=O)[C@@H]1C[C@@H](O)CN1C(=O)[C@@H](n1cc(C2CCNCC2)nn1)C(C)(C)C)c1ccc(-c2ccncc2Cl)cc1. The zero-order chi connectivity index (χ0) is 30.0. The first kappa shape index (κ1) is 30.1. The molecule has 0 aliphatic carbocycles. The number of piperidine rings is 1. The maximum Gasteiger partial charge on any atom is 0.248 e. The van der Waals surface area contributed by atoms with E-state index in [1.807, 2.05) is 64.2 Å². The Morgan fingerprint density at radius 1 is 1.14 bits per heavy atom. The highest BCUT2D eigenvalue weighted by atomic mass is 35.5. The Morgan fingerprint density at radius 3 is 2.52 bits per heavy atom. The maximum atomic E-state index is 14.1. The number of hydrogen-bond acceptors (Lipinski definition) is 7. The highest BCUT2D eigenvalue weighted by Crippen LogP contribution is 2.35. The number of amides is 2. The molecule has 2 aliphatic rings. The van der Waals surface area contributed by atoms with Gasteiger partial charge >= 0.3 is 0 Å². The van der Waals surface area contributed by atoms with Crippen LogP contribution in [0.1, 0.15) is 76.2 Å². The molecule has 4 heterocycles. The smallest absolute Gasteiger partial charge is 0.248 e. The van der Waals surface area contributed by atoms with Crippen LogP contribution in [0.3, 0.4) is 0 Å². The van der Waals surface area contributed by atoms with Crippen LogP contribution < -0.4 is 10.6 Å². The van der Waals surface area contributed by atoms with Gasteiger partial charge in [0.05, 0.1) is 22.9 Å². The minimum absolute atomic E-state index is 0.0924. The van der Waals surface area contributed by atoms with E-state index in [1.54, 1.807) is 17.1 Å². The molecular formula is C31H40ClN7O3. The van der Waals surface area contributed by atoms with Gasteiger partial charge in [0.2, 0.25) is 11.8 Å². The van der Waals surface area contributed by atoms with Gasteiger partial charge in [0.1, 0.15) is 12.1 Å². The van der Waals surface area contributed by atoms with Crippen molar-refractivity contribution in [1.29, 1.82) is 0 Å². The number of β-amino-alcohol motifs (C(OH)–C–C–N with tert-alkyl or cyclic N) is 1. The number of nitrogens with one attached hydrogen (secondary N) is 2. The van der Waals surface area contributed by atoms with Crippen LogP contribution in [0.4, 0.5) is 0 Å². The maximum absolute atomic E-state index is 14.1. The molecule has 0 saturated carbocycles. The van der Waals surface area contributed by atoms with Crippen molar-refractivity contribution in [3.8, 4) is 11.1 Å². The minimum Gasteiger partial charge on any atom is -0.391 e. The zero-order valence-corrected chi connectivity index (χ0v) is 25.4. The summed E-state index contributed by atoms with van der Waals surface area (Å²) in [6.45, 7) is 9.80. The van der Waals surface area contributed by atoms with Crippen molar-refractivity contribution in [2.24, 2.45) is 5.41 Å². The number of benzene rings is 1. The normalized spacial score (nSPS) is 21.2. The number of halogens is 1. The van der Waals surface area contributed by atoms with E-state index in [-0.39, 0.29) is 30.8 Å². The summed E-state index contributed by atoms with van der Waals surface area (Å²) in [6.07, 6.45) is 6.54. The Labute approximate surface area is 251 Å². The first-order chi connectivity index (χ1) is 20.0. The second-order valence-corrected chi connectivity index (χ2v) is 12.9. The van der Waals surface area contributed by atoms with Gasteiger partial charge in [0, 0.05) is 43.0 Å². The number of likely N-dealkylation sites (tertiary alicyclic amines) is 1. The van der Waals surface area contributed by atoms with Crippen LogP contribution in [0, 0.1) is 5.41 Å². The number of rotatable bonds is 7. The van der Waals surface area contributed by atoms with Crippen molar-refractivity contribution in [1.82, 2.24) is 35.5 Å². The van der Waals surface area contributed by atoms with E-state index in [0.29, 0.717) is 10.9 Å². The molecule has 0 unspecified atom stereocenters. The van der Waals surface area contributed by atoms with Crippen LogP contribution in [0.15, 0.2) is 48.9 Å². The molecule has 2 fully saturated rings. The molecule has 4 atom stereocenters. The Hall–Kier alpha value is -3.34. The molecule has 1 aromatic carbocycles. The van der Waals surface area contributed by atoms with Gasteiger partial charge < -0.3 is 20.6 Å². The number of hydrogen-bond donors (Lipinski definition) is 3. The van der Waals surface area contributed by atoms with E-state index >= 15 is 0 Å². The fourth-order valence-electron chi connectivity index (χ4n) is 6.02. The Kier molecular flexibility index (Phi) is 8.96. The molecule has 42 heavy (non-hydrogen) atoms. The topological polar surface area (TPSA) is 125 Å². The third kappa shape index (κ3) is 6.50. The highest BCUT2D eigenvalue weighted by molar-refractivity contribution is 6.33. The van der Waals surface area contributed by atoms with Crippen LogP contribution in [0.25, 0.3) is 11.1 Å². The summed E-state index contributed by atoms with van der Waals surface area (Å²) in [5, 5.41) is 26.4. The van der Waals surface area contributed by atoms with Gasteiger partial charge in [-0.15, -0.1) is 5.10 Å². The van der Waals surface area contributed by atoms with E-state index in [2.05, 4.69) is 25.9 Å². The lowest BCUT2D eigenvalue weighted by atomic mass is 9.85. The number of aromatic nitrogens is 4. The first-order valence-corrected chi connectivity index (χ1v) is 15.0. The van der Waals surface area contributed by atoms with Crippen LogP contribution in [0.2, 0.25) is 5.02 Å². The average Bonchev–Trinajstić information content (AvgIpc) is 3.60. The molecule has 0 spiro atoms. The molecular weight excluding hydrogens is 554 g/mol. The van der Waals surface area contributed by atoms with Gasteiger partial charge in [-0.1, -0.05) is 61.9 Å². The third-order valence-electron chi connectivity index (χ3n) is 8.32. The minimum atomic E-state index is -0.790. The Balaban J connectivity index is 1.31. The summed E-state index contributed by atoms with van der Waals surface area (Å²) < 4.78 is 1.65. The summed E-state index contributed by atoms with van der Waals surface area (Å²) in [5.74, 6) is -0.234. The number of aliphatic hydroxyl groups is 1. The van der Waals surface area contributed by atoms with Crippen LogP contribution in [-0.4, -0.2) is 73.6 Å². The predicted octanol–water partition coefficient (Wildman–Crippen LogP) is 3.89. The first-order valence-electron chi connectivity index (χ1n) is 14.6. The summed E-state index contributed by atoms with van der Waals surface area (Å²) in [5.41, 5.74) is 3.13. The molecule has 11 heteroatoms. The molecule has 10 nitrogen and oxygen atoms in total. The second-order valence-electron chi connectivity index (χ2n) is 12.5. The molecule has 3 aromatic rings. The molecule has 5 rings (SSSR count). The fourth-order valence-corrected chi connectivity index (χ4v) is 6.25. The van der Waals surface area contributed by atoms with Gasteiger partial charge in [-0.25, -0.2) is 4.68 Å². The van der Waals surface area contributed by atoms with Gasteiger partial charge in [-0.3, -0.25) is 14.6 Å². The lowest BCUT2D eigenvalue weighted by Crippen LogP contribution is -2.50. The average molecular weight is 594 g/mol. The summed E-state index contributed by atoms with van der Waals surface area (Å²) in [6, 6.07) is 7.89. The zero-order valence-electron chi connectivity index (χ0n) is 24.6. The molecule has 2 saturated heterocycles. The molecule has 2 aliphatic heterocycles. The standard InChI is InChI=1S/C31H40ClN7O3/c1-19(20-5-7-21(8-6-20)24-11-14-34-16-25(24)32)35-29(41)27-15-23(40)17-38(27)30(42)28(31(2,3)4)39-18-26(36-37-39)22-9-12-33-13-10-22/h5-8,11,14,16,18-19,22-23,27-28,33,40H,9-10,12-13,15,17H2,1-4H3,(H,35,41)/t19-,23+,27-,28+/m0/s1. The van der Waals surface area contributed by atoms with Crippen molar-refractivity contribution in [3.05, 3.63) is 65.2 Å². The number of carbonyl (C=O) groups is 2. The van der Waals surface area contributed by atoms with E-state index in [1.165, 1.54) is 4.90 Å². The molecule has 0 bridgehead atoms. The van der Waals surface area contributed by atoms with Crippen LogP contribution >= 0.6 is 11.6 Å². The van der Waals surface area contributed by atoms with Crippen LogP contribution in [0.5, 0.6) is 0 Å². The van der Waals surface area contributed by atoms with Gasteiger partial charge in [0.25, 0.3) is 0 Å². The number of nitrogens with zero attached hydrogens (tertiary/aromatic N) is 5. The van der Waals surface area contributed by atoms with E-state index < -0.39 is 23.6 Å².